The Morgan fingerprint density at radius 3 is 2.83 bits per heavy atom. The second-order valence-corrected chi connectivity index (χ2v) is 5.23. The van der Waals surface area contributed by atoms with Crippen molar-refractivity contribution < 1.29 is 4.74 Å². The predicted molar refractivity (Wildman–Crippen MR) is 69.2 cm³/mol. The number of nitriles is 1. The molecule has 1 aromatic carbocycles. The number of fused-ring (bicyclic) bond motifs is 1. The quantitative estimate of drug-likeness (QED) is 0.755. The van der Waals surface area contributed by atoms with Gasteiger partial charge in [-0.3, -0.25) is 4.90 Å². The van der Waals surface area contributed by atoms with Gasteiger partial charge in [-0.15, -0.1) is 0 Å². The highest BCUT2D eigenvalue weighted by atomic mass is 16.5. The van der Waals surface area contributed by atoms with Crippen LogP contribution >= 0.6 is 0 Å². The number of hydrogen-bond donors (Lipinski definition) is 0. The van der Waals surface area contributed by atoms with Gasteiger partial charge < -0.3 is 4.74 Å². The van der Waals surface area contributed by atoms with Crippen molar-refractivity contribution in [3.63, 3.8) is 0 Å². The van der Waals surface area contributed by atoms with Crippen molar-refractivity contribution >= 4 is 0 Å². The molecule has 1 saturated heterocycles. The average Bonchev–Trinajstić information content (AvgIpc) is 2.79. The maximum Gasteiger partial charge on any atom is 0.135 e. The summed E-state index contributed by atoms with van der Waals surface area (Å²) >= 11 is 0. The molecule has 0 aromatic heterocycles. The Bertz CT molecular complexity index is 500. The summed E-state index contributed by atoms with van der Waals surface area (Å²) in [5.41, 5.74) is 3.40. The predicted octanol–water partition coefficient (Wildman–Crippen LogP) is 1.99. The van der Waals surface area contributed by atoms with E-state index in [0.29, 0.717) is 0 Å². The fraction of sp³-hybridized carbons (Fsp3) is 0.533. The molecule has 0 bridgehead atoms. The van der Waals surface area contributed by atoms with Gasteiger partial charge in [-0.2, -0.15) is 5.26 Å². The van der Waals surface area contributed by atoms with Crippen LogP contribution in [0.3, 0.4) is 0 Å². The Hall–Kier alpha value is -1.37. The third kappa shape index (κ3) is 1.65. The van der Waals surface area contributed by atoms with Crippen LogP contribution in [-0.2, 0) is 16.7 Å². The molecule has 2 aliphatic rings. The van der Waals surface area contributed by atoms with Crippen LogP contribution < -0.4 is 0 Å². The van der Waals surface area contributed by atoms with Crippen LogP contribution in [0.15, 0.2) is 18.2 Å². The lowest BCUT2D eigenvalue weighted by molar-refractivity contribution is -0.00460. The Morgan fingerprint density at radius 1 is 1.33 bits per heavy atom. The van der Waals surface area contributed by atoms with Gasteiger partial charge in [-0.05, 0) is 30.9 Å². The first-order valence-electron chi connectivity index (χ1n) is 6.60. The van der Waals surface area contributed by atoms with E-state index < -0.39 is 5.54 Å². The summed E-state index contributed by atoms with van der Waals surface area (Å²) in [6, 6.07) is 9.13. The molecule has 94 valence electrons. The Labute approximate surface area is 108 Å². The van der Waals surface area contributed by atoms with E-state index in [9.17, 15) is 5.26 Å². The number of hydrogen-bond acceptors (Lipinski definition) is 3. The average molecular weight is 242 g/mol. The third-order valence-electron chi connectivity index (χ3n) is 4.20. The standard InChI is InChI=1S/C15H18N2O/c1-12-2-3-13-4-5-15(11-16,14(13)10-12)17-6-8-18-9-7-17/h2-3,10H,4-9H2,1H3. The second kappa shape index (κ2) is 4.38. The lowest BCUT2D eigenvalue weighted by Crippen LogP contribution is -2.49. The third-order valence-corrected chi connectivity index (χ3v) is 4.20. The fourth-order valence-electron chi connectivity index (χ4n) is 3.20. The highest BCUT2D eigenvalue weighted by Crippen LogP contribution is 2.42. The Kier molecular flexibility index (Phi) is 2.85. The zero-order valence-corrected chi connectivity index (χ0v) is 10.8. The van der Waals surface area contributed by atoms with Gasteiger partial charge >= 0.3 is 0 Å². The van der Waals surface area contributed by atoms with Crippen LogP contribution in [0.5, 0.6) is 0 Å². The maximum absolute atomic E-state index is 9.77. The van der Waals surface area contributed by atoms with Gasteiger partial charge in [0, 0.05) is 13.1 Å². The molecule has 1 unspecified atom stereocenters. The number of nitrogens with zero attached hydrogens (tertiary/aromatic N) is 2. The number of morpholine rings is 1. The SMILES string of the molecule is Cc1ccc2c(c1)C(C#N)(N1CCOCC1)CC2. The van der Waals surface area contributed by atoms with E-state index in [0.717, 1.165) is 39.1 Å². The number of benzene rings is 1. The van der Waals surface area contributed by atoms with E-state index in [1.54, 1.807) is 0 Å². The molecule has 0 spiro atoms. The molecule has 1 atom stereocenters. The fourth-order valence-corrected chi connectivity index (χ4v) is 3.20. The zero-order chi connectivity index (χ0) is 12.6. The number of aryl methyl sites for hydroxylation is 2. The molecule has 1 fully saturated rings. The molecule has 0 N–H and O–H groups in total. The van der Waals surface area contributed by atoms with Crippen LogP contribution in [0.4, 0.5) is 0 Å². The number of rotatable bonds is 1. The molecule has 1 heterocycles. The molecular formula is C15H18N2O. The molecule has 3 nitrogen and oxygen atoms in total. The molecule has 1 aromatic rings. The zero-order valence-electron chi connectivity index (χ0n) is 10.8. The molecule has 0 radical (unpaired) electrons. The van der Waals surface area contributed by atoms with Crippen LogP contribution in [0.25, 0.3) is 0 Å². The van der Waals surface area contributed by atoms with Crippen molar-refractivity contribution in [1.29, 1.82) is 5.26 Å². The monoisotopic (exact) mass is 242 g/mol. The summed E-state index contributed by atoms with van der Waals surface area (Å²) in [5.74, 6) is 0. The first-order chi connectivity index (χ1) is 8.76. The van der Waals surface area contributed by atoms with E-state index in [-0.39, 0.29) is 0 Å². The summed E-state index contributed by atoms with van der Waals surface area (Å²) in [4.78, 5) is 2.31. The van der Waals surface area contributed by atoms with Gasteiger partial charge in [0.15, 0.2) is 0 Å². The van der Waals surface area contributed by atoms with Crippen molar-refractivity contribution in [2.45, 2.75) is 25.3 Å². The molecule has 3 heteroatoms. The van der Waals surface area contributed by atoms with Crippen molar-refractivity contribution in [2.75, 3.05) is 26.3 Å². The summed E-state index contributed by atoms with van der Waals surface area (Å²) in [6.07, 6.45) is 1.93. The van der Waals surface area contributed by atoms with Gasteiger partial charge in [-0.25, -0.2) is 0 Å². The molecule has 18 heavy (non-hydrogen) atoms. The first kappa shape index (κ1) is 11.7. The summed E-state index contributed by atoms with van der Waals surface area (Å²) in [5, 5.41) is 9.77. The van der Waals surface area contributed by atoms with E-state index in [1.807, 2.05) is 0 Å². The van der Waals surface area contributed by atoms with E-state index in [4.69, 9.17) is 4.74 Å². The van der Waals surface area contributed by atoms with Gasteiger partial charge in [0.2, 0.25) is 0 Å². The van der Waals surface area contributed by atoms with Crippen LogP contribution in [0, 0.1) is 18.3 Å². The Balaban J connectivity index is 2.04. The Morgan fingerprint density at radius 2 is 2.11 bits per heavy atom. The van der Waals surface area contributed by atoms with Crippen LogP contribution in [0.2, 0.25) is 0 Å². The highest BCUT2D eigenvalue weighted by molar-refractivity contribution is 5.45. The van der Waals surface area contributed by atoms with Gasteiger partial charge in [0.25, 0.3) is 0 Å². The molecular weight excluding hydrogens is 224 g/mol. The topological polar surface area (TPSA) is 36.3 Å². The van der Waals surface area contributed by atoms with Crippen molar-refractivity contribution in [3.05, 3.63) is 34.9 Å². The number of ether oxygens (including phenoxy) is 1. The molecule has 0 saturated carbocycles. The maximum atomic E-state index is 9.77. The van der Waals surface area contributed by atoms with Crippen LogP contribution in [0.1, 0.15) is 23.1 Å². The van der Waals surface area contributed by atoms with Crippen LogP contribution in [-0.4, -0.2) is 31.2 Å². The van der Waals surface area contributed by atoms with Crippen molar-refractivity contribution in [3.8, 4) is 6.07 Å². The minimum Gasteiger partial charge on any atom is -0.379 e. The lowest BCUT2D eigenvalue weighted by atomic mass is 9.90. The second-order valence-electron chi connectivity index (χ2n) is 5.23. The van der Waals surface area contributed by atoms with E-state index in [1.165, 1.54) is 16.7 Å². The smallest absolute Gasteiger partial charge is 0.135 e. The lowest BCUT2D eigenvalue weighted by Gasteiger charge is -2.39. The molecule has 0 amide bonds. The largest absolute Gasteiger partial charge is 0.379 e. The van der Waals surface area contributed by atoms with Gasteiger partial charge in [0.1, 0.15) is 5.54 Å². The summed E-state index contributed by atoms with van der Waals surface area (Å²) in [6.45, 7) is 5.30. The first-order valence-corrected chi connectivity index (χ1v) is 6.60. The van der Waals surface area contributed by atoms with Crippen molar-refractivity contribution in [2.24, 2.45) is 0 Å². The minimum atomic E-state index is -0.412. The van der Waals surface area contributed by atoms with Gasteiger partial charge in [-0.1, -0.05) is 23.8 Å². The molecule has 3 rings (SSSR count). The normalized spacial score (nSPS) is 27.8. The molecule has 1 aliphatic heterocycles. The molecule has 1 aliphatic carbocycles. The summed E-state index contributed by atoms with van der Waals surface area (Å²) < 4.78 is 5.41. The highest BCUT2D eigenvalue weighted by Gasteiger charge is 2.44. The van der Waals surface area contributed by atoms with E-state index in [2.05, 4.69) is 36.1 Å². The summed E-state index contributed by atoms with van der Waals surface area (Å²) in [7, 11) is 0. The van der Waals surface area contributed by atoms with Gasteiger partial charge in [0.05, 0.1) is 19.3 Å². The van der Waals surface area contributed by atoms with Crippen molar-refractivity contribution in [1.82, 2.24) is 4.90 Å². The minimum absolute atomic E-state index is 0.412. The van der Waals surface area contributed by atoms with E-state index >= 15 is 0 Å².